The quantitative estimate of drug-likeness (QED) is 0.362. The molecule has 192 valence electrons. The Morgan fingerprint density at radius 3 is 2.49 bits per heavy atom. The lowest BCUT2D eigenvalue weighted by molar-refractivity contribution is -0.133. The SMILES string of the molecule is COc1ccc(-c2nn(CC(=O)N3CCC(Cc4ccccc4)CC3)c(=O)c3nc(C)sc23)cc1OC. The van der Waals surface area contributed by atoms with E-state index in [4.69, 9.17) is 9.47 Å². The summed E-state index contributed by atoms with van der Waals surface area (Å²) in [7, 11) is 3.15. The summed E-state index contributed by atoms with van der Waals surface area (Å²) < 4.78 is 12.8. The van der Waals surface area contributed by atoms with Gasteiger partial charge in [-0.3, -0.25) is 9.59 Å². The second kappa shape index (κ2) is 10.7. The Labute approximate surface area is 219 Å². The van der Waals surface area contributed by atoms with E-state index in [1.165, 1.54) is 21.6 Å². The summed E-state index contributed by atoms with van der Waals surface area (Å²) in [5.74, 6) is 1.61. The number of ether oxygens (including phenoxy) is 2. The van der Waals surface area contributed by atoms with Crippen molar-refractivity contribution < 1.29 is 14.3 Å². The molecule has 0 aliphatic carbocycles. The third-order valence-corrected chi connectivity index (χ3v) is 7.86. The first-order valence-corrected chi connectivity index (χ1v) is 13.2. The fourth-order valence-electron chi connectivity index (χ4n) is 4.91. The number of aryl methyl sites for hydroxylation is 1. The van der Waals surface area contributed by atoms with E-state index in [2.05, 4.69) is 34.3 Å². The van der Waals surface area contributed by atoms with Gasteiger partial charge < -0.3 is 14.4 Å². The maximum atomic E-state index is 13.3. The number of rotatable bonds is 7. The maximum Gasteiger partial charge on any atom is 0.294 e. The Kier molecular flexibility index (Phi) is 7.23. The van der Waals surface area contributed by atoms with Crippen molar-refractivity contribution in [3.8, 4) is 22.8 Å². The number of aromatic nitrogens is 3. The van der Waals surface area contributed by atoms with Crippen LogP contribution in [-0.2, 0) is 17.8 Å². The predicted octanol–water partition coefficient (Wildman–Crippen LogP) is 4.33. The number of hydrogen-bond acceptors (Lipinski definition) is 7. The smallest absolute Gasteiger partial charge is 0.294 e. The Morgan fingerprint density at radius 1 is 1.05 bits per heavy atom. The monoisotopic (exact) mass is 518 g/mol. The van der Waals surface area contributed by atoms with Gasteiger partial charge in [0, 0.05) is 18.7 Å². The van der Waals surface area contributed by atoms with Gasteiger partial charge >= 0.3 is 0 Å². The third-order valence-electron chi connectivity index (χ3n) is 6.88. The Bertz CT molecular complexity index is 1470. The number of thiazole rings is 1. The molecule has 1 fully saturated rings. The Morgan fingerprint density at radius 2 is 1.78 bits per heavy atom. The van der Waals surface area contributed by atoms with E-state index in [0.717, 1.165) is 29.8 Å². The first-order valence-electron chi connectivity index (χ1n) is 12.4. The maximum absolute atomic E-state index is 13.3. The van der Waals surface area contributed by atoms with Crippen LogP contribution >= 0.6 is 11.3 Å². The van der Waals surface area contributed by atoms with Gasteiger partial charge in [0.15, 0.2) is 17.0 Å². The zero-order valence-corrected chi connectivity index (χ0v) is 22.1. The minimum atomic E-state index is -0.351. The van der Waals surface area contributed by atoms with Gasteiger partial charge in [0.2, 0.25) is 5.91 Å². The summed E-state index contributed by atoms with van der Waals surface area (Å²) >= 11 is 1.41. The van der Waals surface area contributed by atoms with Crippen molar-refractivity contribution in [1.82, 2.24) is 19.7 Å². The highest BCUT2D eigenvalue weighted by Crippen LogP contribution is 2.35. The highest BCUT2D eigenvalue weighted by molar-refractivity contribution is 7.19. The molecule has 1 aliphatic rings. The summed E-state index contributed by atoms with van der Waals surface area (Å²) in [6.07, 6.45) is 2.92. The molecule has 0 N–H and O–H groups in total. The van der Waals surface area contributed by atoms with Gasteiger partial charge in [-0.15, -0.1) is 11.3 Å². The largest absolute Gasteiger partial charge is 0.493 e. The van der Waals surface area contributed by atoms with Crippen LogP contribution in [0.15, 0.2) is 53.3 Å². The predicted molar refractivity (Wildman–Crippen MR) is 144 cm³/mol. The van der Waals surface area contributed by atoms with Gasteiger partial charge in [0.05, 0.1) is 23.9 Å². The third kappa shape index (κ3) is 5.22. The lowest BCUT2D eigenvalue weighted by Gasteiger charge is -2.32. The van der Waals surface area contributed by atoms with Crippen LogP contribution in [0, 0.1) is 12.8 Å². The molecule has 1 saturated heterocycles. The lowest BCUT2D eigenvalue weighted by Crippen LogP contribution is -2.42. The molecule has 2 aromatic carbocycles. The molecule has 37 heavy (non-hydrogen) atoms. The number of hydrogen-bond donors (Lipinski definition) is 0. The van der Waals surface area contributed by atoms with E-state index in [1.807, 2.05) is 30.0 Å². The van der Waals surface area contributed by atoms with Crippen molar-refractivity contribution in [2.45, 2.75) is 32.7 Å². The van der Waals surface area contributed by atoms with Crippen molar-refractivity contribution in [3.63, 3.8) is 0 Å². The molecule has 2 aromatic heterocycles. The number of nitrogens with zero attached hydrogens (tertiary/aromatic N) is 4. The number of fused-ring (bicyclic) bond motifs is 1. The van der Waals surface area contributed by atoms with E-state index in [1.54, 1.807) is 20.3 Å². The van der Waals surface area contributed by atoms with Crippen LogP contribution in [-0.4, -0.2) is 52.9 Å². The molecule has 1 amide bonds. The van der Waals surface area contributed by atoms with E-state index >= 15 is 0 Å². The molecule has 0 unspecified atom stereocenters. The number of carbonyl (C=O) groups excluding carboxylic acids is 1. The van der Waals surface area contributed by atoms with Crippen molar-refractivity contribution >= 4 is 27.5 Å². The molecule has 1 aliphatic heterocycles. The number of piperidine rings is 1. The fraction of sp³-hybridized carbons (Fsp3) is 0.357. The lowest BCUT2D eigenvalue weighted by atomic mass is 9.90. The number of carbonyl (C=O) groups is 1. The molecular formula is C28H30N4O4S. The Hall–Kier alpha value is -3.72. The summed E-state index contributed by atoms with van der Waals surface area (Å²) in [4.78, 5) is 32.8. The fourth-order valence-corrected chi connectivity index (χ4v) is 5.83. The van der Waals surface area contributed by atoms with E-state index in [0.29, 0.717) is 46.4 Å². The summed E-state index contributed by atoms with van der Waals surface area (Å²) in [6, 6.07) is 16.0. The summed E-state index contributed by atoms with van der Waals surface area (Å²) in [6.45, 7) is 3.11. The second-order valence-corrected chi connectivity index (χ2v) is 10.5. The van der Waals surface area contributed by atoms with Gasteiger partial charge in [0.25, 0.3) is 5.56 Å². The van der Waals surface area contributed by atoms with Gasteiger partial charge in [-0.05, 0) is 55.9 Å². The highest BCUT2D eigenvalue weighted by atomic mass is 32.1. The van der Waals surface area contributed by atoms with Crippen LogP contribution in [0.5, 0.6) is 11.5 Å². The molecule has 0 radical (unpaired) electrons. The average Bonchev–Trinajstić information content (AvgIpc) is 3.32. The van der Waals surface area contributed by atoms with Gasteiger partial charge in [0.1, 0.15) is 12.2 Å². The highest BCUT2D eigenvalue weighted by Gasteiger charge is 2.25. The molecule has 3 heterocycles. The first kappa shape index (κ1) is 25.0. The summed E-state index contributed by atoms with van der Waals surface area (Å²) in [5.41, 5.74) is 2.66. The average molecular weight is 519 g/mol. The van der Waals surface area contributed by atoms with E-state index < -0.39 is 0 Å². The number of benzene rings is 2. The van der Waals surface area contributed by atoms with Crippen LogP contribution in [0.3, 0.4) is 0 Å². The van der Waals surface area contributed by atoms with Gasteiger partial charge in [-0.2, -0.15) is 5.10 Å². The zero-order chi connectivity index (χ0) is 25.9. The van der Waals surface area contributed by atoms with Crippen molar-refractivity contribution in [3.05, 3.63) is 69.5 Å². The molecule has 0 saturated carbocycles. The first-order chi connectivity index (χ1) is 18.0. The van der Waals surface area contributed by atoms with Crippen LogP contribution in [0.1, 0.15) is 23.4 Å². The molecule has 4 aromatic rings. The number of amides is 1. The van der Waals surface area contributed by atoms with Crippen LogP contribution in [0.4, 0.5) is 0 Å². The molecule has 0 atom stereocenters. The van der Waals surface area contributed by atoms with Crippen LogP contribution < -0.4 is 15.0 Å². The molecule has 8 nitrogen and oxygen atoms in total. The van der Waals surface area contributed by atoms with Gasteiger partial charge in [-0.1, -0.05) is 30.3 Å². The molecule has 0 bridgehead atoms. The number of methoxy groups -OCH3 is 2. The molecule has 9 heteroatoms. The van der Waals surface area contributed by atoms with Crippen LogP contribution in [0.2, 0.25) is 0 Å². The zero-order valence-electron chi connectivity index (χ0n) is 21.3. The van der Waals surface area contributed by atoms with Gasteiger partial charge in [-0.25, -0.2) is 9.67 Å². The van der Waals surface area contributed by atoms with Crippen molar-refractivity contribution in [2.24, 2.45) is 5.92 Å². The molecule has 5 rings (SSSR count). The molecular weight excluding hydrogens is 488 g/mol. The van der Waals surface area contributed by atoms with E-state index in [9.17, 15) is 9.59 Å². The van der Waals surface area contributed by atoms with Crippen molar-refractivity contribution in [1.29, 1.82) is 0 Å². The number of likely N-dealkylation sites (tertiary alicyclic amines) is 1. The molecule has 0 spiro atoms. The van der Waals surface area contributed by atoms with E-state index in [-0.39, 0.29) is 18.0 Å². The summed E-state index contributed by atoms with van der Waals surface area (Å²) in [5, 5.41) is 5.42. The topological polar surface area (TPSA) is 86.6 Å². The minimum Gasteiger partial charge on any atom is -0.493 e. The van der Waals surface area contributed by atoms with Crippen molar-refractivity contribution in [2.75, 3.05) is 27.3 Å². The standard InChI is InChI=1S/C28H30N4O4S/c1-18-29-26-27(37-18)25(21-9-10-22(35-2)23(16-21)36-3)30-32(28(26)34)17-24(33)31-13-11-20(12-14-31)15-19-7-5-4-6-8-19/h4-10,16,20H,11-15,17H2,1-3H3. The minimum absolute atomic E-state index is 0.0997. The van der Waals surface area contributed by atoms with Crippen LogP contribution in [0.25, 0.3) is 21.5 Å². The Balaban J connectivity index is 1.38. The second-order valence-electron chi connectivity index (χ2n) is 9.31. The normalized spacial score (nSPS) is 14.2.